The molecule has 1 aliphatic carbocycles. The molecule has 1 nitrogen and oxygen atoms in total. The molecule has 0 fully saturated rings. The Bertz CT molecular complexity index is 156. The molecule has 0 N–H and O–H groups in total. The number of rotatable bonds is 1. The molecule has 0 aliphatic heterocycles. The second-order valence-corrected chi connectivity index (χ2v) is 10.3. The average molecular weight is 466 g/mol. The standard InChI is InChI=1S/C6H5O.4CH3.Co.2HI/c7-5-6-3-1-2-4-6;;;;;;;/h1-3H,4H2;4*1H3;;2*1H/q5*-1;+2;;/p-2. The molecule has 0 heterocycles. The van der Waals surface area contributed by atoms with Crippen molar-refractivity contribution in [2.45, 2.75) is 6.42 Å². The summed E-state index contributed by atoms with van der Waals surface area (Å²) < 4.78 is 0. The first kappa shape index (κ1) is 29.4. The molecule has 0 spiro atoms. The molecular weight excluding hydrogens is 449 g/mol. The quantitative estimate of drug-likeness (QED) is 0.410. The van der Waals surface area contributed by atoms with Crippen LogP contribution in [0.4, 0.5) is 0 Å². The number of hydrogen-bond acceptors (Lipinski definition) is 1. The van der Waals surface area contributed by atoms with Crippen LogP contribution in [0.25, 0.3) is 0 Å². The van der Waals surface area contributed by atoms with Gasteiger partial charge in [-0.3, -0.25) is 0 Å². The van der Waals surface area contributed by atoms with Crippen LogP contribution in [0.5, 0.6) is 0 Å². The van der Waals surface area contributed by atoms with Gasteiger partial charge in [-0.15, -0.1) is 12.2 Å². The summed E-state index contributed by atoms with van der Waals surface area (Å²) in [6.45, 7) is 0. The summed E-state index contributed by atoms with van der Waals surface area (Å²) in [6, 6.07) is 0. The predicted octanol–water partition coefficient (Wildman–Crippen LogP) is 4.55. The minimum atomic E-state index is 0. The van der Waals surface area contributed by atoms with Crippen LogP contribution in [-0.2, 0) is 13.1 Å². The predicted molar refractivity (Wildman–Crippen MR) is 81.2 cm³/mol. The van der Waals surface area contributed by atoms with E-state index < -0.39 is 0 Å². The van der Waals surface area contributed by atoms with Crippen molar-refractivity contribution >= 4 is 47.1 Å². The maximum atomic E-state index is 9.77. The number of carbonyl (C=O) groups excluding carboxylic acids is 1. The Kier molecular flexibility index (Phi) is 49.9. The van der Waals surface area contributed by atoms with Crippen LogP contribution in [0.2, 0.25) is 0 Å². The second-order valence-electron chi connectivity index (χ2n) is 1.47. The third kappa shape index (κ3) is 18.8. The molecule has 4 heteroatoms. The normalized spacial score (nSPS) is 10.0. The first-order valence-corrected chi connectivity index (χ1v) is 9.14. The molecule has 0 unspecified atom stereocenters. The van der Waals surface area contributed by atoms with Gasteiger partial charge in [0.25, 0.3) is 0 Å². The van der Waals surface area contributed by atoms with E-state index in [4.69, 9.17) is 0 Å². The van der Waals surface area contributed by atoms with Crippen molar-refractivity contribution in [3.8, 4) is 0 Å². The van der Waals surface area contributed by atoms with E-state index in [1.807, 2.05) is 18.4 Å². The van der Waals surface area contributed by atoms with E-state index in [-0.39, 0.29) is 29.7 Å². The summed E-state index contributed by atoms with van der Waals surface area (Å²) in [5.41, 5.74) is 0.750. The first-order valence-electron chi connectivity index (χ1n) is 2.42. The van der Waals surface area contributed by atoms with Crippen LogP contribution in [0.15, 0.2) is 23.8 Å². The third-order valence-corrected chi connectivity index (χ3v) is 0.902. The maximum absolute atomic E-state index is 9.77. The zero-order valence-corrected chi connectivity index (χ0v) is 14.3. The van der Waals surface area contributed by atoms with Gasteiger partial charge in [0.15, 0.2) is 0 Å². The molecular formula is C10H17CoI2O-5. The Morgan fingerprint density at radius 1 is 1.21 bits per heavy atom. The number of allylic oxidation sites excluding steroid dienone is 4. The van der Waals surface area contributed by atoms with Gasteiger partial charge >= 0.3 is 49.1 Å². The third-order valence-electron chi connectivity index (χ3n) is 0.902. The molecule has 91 valence electrons. The SMILES string of the molecule is O=[C-]C1=CC=CC1.[CH3-].[CH3-].[CH3-].[CH3-].[I][Co][I]. The fourth-order valence-corrected chi connectivity index (χ4v) is 0.523. The van der Waals surface area contributed by atoms with Gasteiger partial charge in [0, 0.05) is 0 Å². The Balaban J connectivity index is -0.0000000355. The Morgan fingerprint density at radius 3 is 1.79 bits per heavy atom. The van der Waals surface area contributed by atoms with Gasteiger partial charge in [0.05, 0.1) is 0 Å². The molecule has 0 bridgehead atoms. The molecule has 1 rings (SSSR count). The van der Waals surface area contributed by atoms with Crippen LogP contribution in [0.3, 0.4) is 0 Å². The summed E-state index contributed by atoms with van der Waals surface area (Å²) in [7, 11) is 1.38. The van der Waals surface area contributed by atoms with Crippen LogP contribution in [-0.4, -0.2) is 6.29 Å². The zero-order chi connectivity index (χ0) is 7.82. The summed E-state index contributed by atoms with van der Waals surface area (Å²) in [5.74, 6) is 0. The average Bonchev–Trinajstić information content (AvgIpc) is 2.39. The van der Waals surface area contributed by atoms with Gasteiger partial charge in [-0.25, -0.2) is 6.08 Å². The van der Waals surface area contributed by atoms with Gasteiger partial charge in [-0.2, -0.15) is 5.57 Å². The summed E-state index contributed by atoms with van der Waals surface area (Å²) in [5, 5.41) is 0. The van der Waals surface area contributed by atoms with Crippen LogP contribution >= 0.6 is 40.8 Å². The van der Waals surface area contributed by atoms with Crippen molar-refractivity contribution in [3.05, 3.63) is 53.5 Å². The number of halogens is 2. The molecule has 0 radical (unpaired) electrons. The van der Waals surface area contributed by atoms with Gasteiger partial charge < -0.3 is 34.5 Å². The van der Waals surface area contributed by atoms with Crippen molar-refractivity contribution in [1.82, 2.24) is 0 Å². The minimum absolute atomic E-state index is 0. The Hall–Kier alpha value is 1.12. The zero-order valence-electron chi connectivity index (χ0n) is 8.94. The van der Waals surface area contributed by atoms with E-state index in [9.17, 15) is 4.79 Å². The molecule has 0 aromatic heterocycles. The molecule has 0 aromatic carbocycles. The van der Waals surface area contributed by atoms with Gasteiger partial charge in [-0.1, -0.05) is 0 Å². The van der Waals surface area contributed by atoms with Crippen molar-refractivity contribution in [2.75, 3.05) is 0 Å². The van der Waals surface area contributed by atoms with Gasteiger partial charge in [-0.05, 0) is 12.7 Å². The van der Waals surface area contributed by atoms with Crippen LogP contribution < -0.4 is 0 Å². The van der Waals surface area contributed by atoms with Crippen LogP contribution in [0, 0.1) is 29.7 Å². The van der Waals surface area contributed by atoms with E-state index in [1.165, 1.54) is 8.26 Å². The van der Waals surface area contributed by atoms with E-state index in [0.29, 0.717) is 0 Å². The molecule has 0 atom stereocenters. The summed E-state index contributed by atoms with van der Waals surface area (Å²) in [4.78, 5) is 9.77. The first-order chi connectivity index (χ1) is 4.85. The molecule has 0 saturated heterocycles. The Morgan fingerprint density at radius 2 is 1.64 bits per heavy atom. The van der Waals surface area contributed by atoms with Crippen molar-refractivity contribution in [1.29, 1.82) is 0 Å². The van der Waals surface area contributed by atoms with Crippen molar-refractivity contribution < 1.29 is 13.1 Å². The Labute approximate surface area is 119 Å². The molecule has 14 heavy (non-hydrogen) atoms. The van der Waals surface area contributed by atoms with E-state index in [0.717, 1.165) is 12.0 Å². The van der Waals surface area contributed by atoms with Gasteiger partial charge in [0.1, 0.15) is 0 Å². The van der Waals surface area contributed by atoms with Crippen molar-refractivity contribution in [2.24, 2.45) is 0 Å². The molecule has 0 amide bonds. The monoisotopic (exact) mass is 466 g/mol. The molecule has 1 aliphatic rings. The molecule has 0 saturated carbocycles. The van der Waals surface area contributed by atoms with Gasteiger partial charge in [0.2, 0.25) is 0 Å². The fraction of sp³-hybridized carbons (Fsp3) is 0.100. The van der Waals surface area contributed by atoms with Crippen LogP contribution in [0.1, 0.15) is 6.42 Å². The fourth-order valence-electron chi connectivity index (χ4n) is 0.523. The second kappa shape index (κ2) is 23.7. The molecule has 0 aromatic rings. The summed E-state index contributed by atoms with van der Waals surface area (Å²) in [6.07, 6.45) is 8.14. The topological polar surface area (TPSA) is 17.1 Å². The number of hydrogen-bond donors (Lipinski definition) is 0. The van der Waals surface area contributed by atoms with E-state index >= 15 is 0 Å². The summed E-state index contributed by atoms with van der Waals surface area (Å²) >= 11 is 4.49. The van der Waals surface area contributed by atoms with Crippen molar-refractivity contribution in [3.63, 3.8) is 0 Å². The van der Waals surface area contributed by atoms with E-state index in [1.54, 1.807) is 6.08 Å². The van der Waals surface area contributed by atoms with E-state index in [2.05, 4.69) is 40.8 Å².